The summed E-state index contributed by atoms with van der Waals surface area (Å²) in [4.78, 5) is 9.87. The minimum absolute atomic E-state index is 0.134. The summed E-state index contributed by atoms with van der Waals surface area (Å²) in [6.07, 6.45) is 3.52. The maximum Gasteiger partial charge on any atom is 0.205 e. The fourth-order valence-corrected chi connectivity index (χ4v) is 2.58. The van der Waals surface area contributed by atoms with Gasteiger partial charge in [-0.2, -0.15) is 4.73 Å². The predicted octanol–water partition coefficient (Wildman–Crippen LogP) is 2.16. The van der Waals surface area contributed by atoms with Gasteiger partial charge in [0, 0.05) is 35.4 Å². The maximum atomic E-state index is 5.78. The zero-order chi connectivity index (χ0) is 11.5. The Hall–Kier alpha value is -0.0831. The molecule has 0 aliphatic carbocycles. The third-order valence-corrected chi connectivity index (χ3v) is 4.24. The number of rotatable bonds is 5. The third-order valence-electron chi connectivity index (χ3n) is 1.80. The Morgan fingerprint density at radius 3 is 2.60 bits per heavy atom. The van der Waals surface area contributed by atoms with Gasteiger partial charge in [-0.05, 0) is 6.92 Å². The number of aromatic nitrogens is 2. The molecule has 0 N–H and O–H groups in total. The van der Waals surface area contributed by atoms with Crippen LogP contribution in [-0.4, -0.2) is 30.3 Å². The standard InChI is InChI=1S/C9H17IN2O2Si/c1-5-13-9(15(2,3)4)14-12-7-6-11-8(12)10/h6-7,9H,5H2,1-4H3. The molecule has 1 heterocycles. The van der Waals surface area contributed by atoms with Crippen molar-refractivity contribution in [2.24, 2.45) is 0 Å². The van der Waals surface area contributed by atoms with E-state index >= 15 is 0 Å². The largest absolute Gasteiger partial charge is 0.385 e. The summed E-state index contributed by atoms with van der Waals surface area (Å²) in [5.74, 6) is -0.134. The summed E-state index contributed by atoms with van der Waals surface area (Å²) in [7, 11) is -1.48. The van der Waals surface area contributed by atoms with E-state index in [1.807, 2.05) is 6.92 Å². The molecular weight excluding hydrogens is 323 g/mol. The van der Waals surface area contributed by atoms with Crippen LogP contribution in [0.3, 0.4) is 0 Å². The summed E-state index contributed by atoms with van der Waals surface area (Å²) < 4.78 is 8.10. The van der Waals surface area contributed by atoms with Crippen LogP contribution in [0.15, 0.2) is 12.4 Å². The van der Waals surface area contributed by atoms with Gasteiger partial charge >= 0.3 is 0 Å². The van der Waals surface area contributed by atoms with Gasteiger partial charge in [-0.15, -0.1) is 0 Å². The number of imidazole rings is 1. The SMILES string of the molecule is CCOC(On1ccnc1I)[Si](C)(C)C. The number of nitrogens with zero attached hydrogens (tertiary/aromatic N) is 2. The Labute approximate surface area is 105 Å². The second-order valence-corrected chi connectivity index (χ2v) is 10.4. The second-order valence-electron chi connectivity index (χ2n) is 4.28. The van der Waals surface area contributed by atoms with Crippen LogP contribution in [0.2, 0.25) is 19.6 Å². The van der Waals surface area contributed by atoms with Gasteiger partial charge in [-0.3, -0.25) is 0 Å². The zero-order valence-electron chi connectivity index (χ0n) is 9.53. The minimum atomic E-state index is -1.48. The van der Waals surface area contributed by atoms with Crippen LogP contribution in [0, 0.1) is 3.83 Å². The molecule has 1 aromatic rings. The minimum Gasteiger partial charge on any atom is -0.385 e. The topological polar surface area (TPSA) is 36.3 Å². The number of halogens is 1. The van der Waals surface area contributed by atoms with Crippen molar-refractivity contribution in [3.63, 3.8) is 0 Å². The van der Waals surface area contributed by atoms with Crippen molar-refractivity contribution in [2.75, 3.05) is 6.61 Å². The lowest BCUT2D eigenvalue weighted by atomic mass is 10.9. The fraction of sp³-hybridized carbons (Fsp3) is 0.667. The number of hydrogen-bond donors (Lipinski definition) is 0. The van der Waals surface area contributed by atoms with E-state index in [2.05, 4.69) is 47.2 Å². The molecule has 1 rings (SSSR count). The van der Waals surface area contributed by atoms with Gasteiger partial charge in [-0.1, -0.05) is 19.6 Å². The summed E-state index contributed by atoms with van der Waals surface area (Å²) in [6, 6.07) is 0. The van der Waals surface area contributed by atoms with Crippen LogP contribution in [-0.2, 0) is 4.74 Å². The Morgan fingerprint density at radius 2 is 2.20 bits per heavy atom. The quantitative estimate of drug-likeness (QED) is 0.468. The lowest BCUT2D eigenvalue weighted by Gasteiger charge is -2.28. The molecule has 0 spiro atoms. The first kappa shape index (κ1) is 13.0. The van der Waals surface area contributed by atoms with Crippen molar-refractivity contribution in [3.8, 4) is 0 Å². The van der Waals surface area contributed by atoms with E-state index in [4.69, 9.17) is 9.57 Å². The van der Waals surface area contributed by atoms with Gasteiger partial charge in [0.25, 0.3) is 0 Å². The molecule has 0 aromatic carbocycles. The van der Waals surface area contributed by atoms with E-state index in [9.17, 15) is 0 Å². The highest BCUT2D eigenvalue weighted by atomic mass is 127. The van der Waals surface area contributed by atoms with Crippen molar-refractivity contribution < 1.29 is 9.57 Å². The van der Waals surface area contributed by atoms with Gasteiger partial charge in [0.1, 0.15) is 8.07 Å². The molecule has 4 nitrogen and oxygen atoms in total. The molecule has 0 amide bonds. The zero-order valence-corrected chi connectivity index (χ0v) is 12.7. The van der Waals surface area contributed by atoms with Gasteiger partial charge in [0.15, 0.2) is 0 Å². The van der Waals surface area contributed by atoms with E-state index in [0.29, 0.717) is 6.61 Å². The summed E-state index contributed by atoms with van der Waals surface area (Å²) >= 11 is 2.13. The van der Waals surface area contributed by atoms with Crippen molar-refractivity contribution >= 4 is 30.7 Å². The molecular formula is C9H17IN2O2Si. The smallest absolute Gasteiger partial charge is 0.205 e. The normalized spacial score (nSPS) is 13.9. The second kappa shape index (κ2) is 5.31. The first-order valence-corrected chi connectivity index (χ1v) is 9.58. The predicted molar refractivity (Wildman–Crippen MR) is 70.3 cm³/mol. The molecule has 1 aromatic heterocycles. The average molecular weight is 340 g/mol. The van der Waals surface area contributed by atoms with Gasteiger partial charge in [-0.25, -0.2) is 4.98 Å². The summed E-state index contributed by atoms with van der Waals surface area (Å²) in [5.41, 5.74) is 0. The number of ether oxygens (including phenoxy) is 1. The number of hydrogen-bond acceptors (Lipinski definition) is 3. The molecule has 0 saturated heterocycles. The molecule has 0 saturated carbocycles. The molecule has 0 aliphatic rings. The molecule has 86 valence electrons. The van der Waals surface area contributed by atoms with Crippen molar-refractivity contribution in [3.05, 3.63) is 16.2 Å². The van der Waals surface area contributed by atoms with E-state index in [0.717, 1.165) is 3.83 Å². The average Bonchev–Trinajstić information content (AvgIpc) is 2.49. The van der Waals surface area contributed by atoms with Crippen LogP contribution in [0.5, 0.6) is 0 Å². The highest BCUT2D eigenvalue weighted by Gasteiger charge is 2.30. The Morgan fingerprint density at radius 1 is 1.53 bits per heavy atom. The first-order chi connectivity index (χ1) is 6.95. The van der Waals surface area contributed by atoms with Crippen molar-refractivity contribution in [1.29, 1.82) is 0 Å². The lowest BCUT2D eigenvalue weighted by Crippen LogP contribution is -2.47. The summed E-state index contributed by atoms with van der Waals surface area (Å²) in [5, 5.41) is 0. The van der Waals surface area contributed by atoms with Gasteiger partial charge < -0.3 is 9.57 Å². The van der Waals surface area contributed by atoms with Crippen LogP contribution < -0.4 is 4.84 Å². The Kier molecular flexibility index (Phi) is 4.59. The maximum absolute atomic E-state index is 5.78. The molecule has 0 radical (unpaired) electrons. The molecule has 15 heavy (non-hydrogen) atoms. The van der Waals surface area contributed by atoms with E-state index in [-0.39, 0.29) is 5.91 Å². The highest BCUT2D eigenvalue weighted by molar-refractivity contribution is 14.1. The van der Waals surface area contributed by atoms with Crippen LogP contribution in [0.4, 0.5) is 0 Å². The van der Waals surface area contributed by atoms with E-state index < -0.39 is 8.07 Å². The van der Waals surface area contributed by atoms with E-state index in [1.165, 1.54) is 0 Å². The van der Waals surface area contributed by atoms with Gasteiger partial charge in [0.05, 0.1) is 6.20 Å². The van der Waals surface area contributed by atoms with Crippen LogP contribution in [0.25, 0.3) is 0 Å². The van der Waals surface area contributed by atoms with E-state index in [1.54, 1.807) is 17.1 Å². The fourth-order valence-electron chi connectivity index (χ4n) is 1.05. The molecule has 0 aliphatic heterocycles. The molecule has 1 atom stereocenters. The first-order valence-electron chi connectivity index (χ1n) is 4.92. The van der Waals surface area contributed by atoms with Crippen LogP contribution in [0.1, 0.15) is 6.92 Å². The third kappa shape index (κ3) is 3.76. The molecule has 1 unspecified atom stereocenters. The summed E-state index contributed by atoms with van der Waals surface area (Å²) in [6.45, 7) is 9.31. The molecule has 0 bridgehead atoms. The molecule has 6 heteroatoms. The van der Waals surface area contributed by atoms with Crippen molar-refractivity contribution in [2.45, 2.75) is 32.5 Å². The molecule has 0 fully saturated rings. The monoisotopic (exact) mass is 340 g/mol. The Bertz CT molecular complexity index is 311. The highest BCUT2D eigenvalue weighted by Crippen LogP contribution is 2.12. The van der Waals surface area contributed by atoms with Crippen LogP contribution >= 0.6 is 22.6 Å². The Balaban J connectivity index is 2.71. The lowest BCUT2D eigenvalue weighted by molar-refractivity contribution is -0.0988. The van der Waals surface area contributed by atoms with Crippen molar-refractivity contribution in [1.82, 2.24) is 9.71 Å². The van der Waals surface area contributed by atoms with Gasteiger partial charge in [0.2, 0.25) is 9.74 Å².